The highest BCUT2D eigenvalue weighted by molar-refractivity contribution is 5.77. The van der Waals surface area contributed by atoms with Gasteiger partial charge in [-0.1, -0.05) is 19.3 Å². The normalized spacial score (nSPS) is 39.1. The average molecular weight is 264 g/mol. The molecule has 4 atom stereocenters. The minimum absolute atomic E-state index is 0.274. The van der Waals surface area contributed by atoms with Crippen LogP contribution in [-0.2, 0) is 4.79 Å². The first-order valence-electron chi connectivity index (χ1n) is 8.31. The Kier molecular flexibility index (Phi) is 4.11. The quantitative estimate of drug-likeness (QED) is 0.833. The first kappa shape index (κ1) is 13.4. The molecular weight excluding hydrogens is 236 g/mol. The zero-order valence-electron chi connectivity index (χ0n) is 12.0. The van der Waals surface area contributed by atoms with Crippen molar-refractivity contribution in [3.05, 3.63) is 0 Å². The predicted octanol–water partition coefficient (Wildman–Crippen LogP) is 2.69. The molecule has 0 aromatic heterocycles. The number of amides is 1. The van der Waals surface area contributed by atoms with Crippen LogP contribution in [0.1, 0.15) is 64.2 Å². The van der Waals surface area contributed by atoms with Crippen LogP contribution in [0.5, 0.6) is 0 Å². The summed E-state index contributed by atoms with van der Waals surface area (Å²) in [5, 5.41) is 0. The minimum atomic E-state index is 0.274. The lowest BCUT2D eigenvalue weighted by Gasteiger charge is -2.44. The molecule has 3 nitrogen and oxygen atoms in total. The van der Waals surface area contributed by atoms with E-state index < -0.39 is 0 Å². The number of likely N-dealkylation sites (tertiary alicyclic amines) is 1. The lowest BCUT2D eigenvalue weighted by molar-refractivity contribution is -0.138. The van der Waals surface area contributed by atoms with Crippen LogP contribution in [0, 0.1) is 11.8 Å². The molecule has 1 saturated heterocycles. The van der Waals surface area contributed by atoms with E-state index in [1.54, 1.807) is 0 Å². The molecule has 3 heteroatoms. The molecule has 0 spiro atoms. The van der Waals surface area contributed by atoms with Crippen LogP contribution in [0.2, 0.25) is 0 Å². The molecule has 0 radical (unpaired) electrons. The summed E-state index contributed by atoms with van der Waals surface area (Å²) in [7, 11) is 0. The van der Waals surface area contributed by atoms with Crippen molar-refractivity contribution in [2.45, 2.75) is 76.3 Å². The van der Waals surface area contributed by atoms with E-state index in [9.17, 15) is 4.79 Å². The SMILES string of the molecule is N[C@@H]1CCC[C@H]1CC(=O)N1CCC[C@H]2CCCC[C@H]21. The van der Waals surface area contributed by atoms with Gasteiger partial charge in [-0.15, -0.1) is 0 Å². The number of carbonyl (C=O) groups is 1. The second-order valence-corrected chi connectivity index (χ2v) is 6.90. The highest BCUT2D eigenvalue weighted by Gasteiger charge is 2.37. The van der Waals surface area contributed by atoms with Crippen molar-refractivity contribution in [2.75, 3.05) is 6.54 Å². The average Bonchev–Trinajstić information content (AvgIpc) is 2.83. The lowest BCUT2D eigenvalue weighted by atomic mass is 9.78. The van der Waals surface area contributed by atoms with E-state index in [2.05, 4.69) is 4.90 Å². The molecule has 19 heavy (non-hydrogen) atoms. The predicted molar refractivity (Wildman–Crippen MR) is 76.6 cm³/mol. The van der Waals surface area contributed by atoms with Crippen molar-refractivity contribution < 1.29 is 4.79 Å². The van der Waals surface area contributed by atoms with E-state index >= 15 is 0 Å². The van der Waals surface area contributed by atoms with Crippen molar-refractivity contribution in [1.82, 2.24) is 4.90 Å². The Hall–Kier alpha value is -0.570. The van der Waals surface area contributed by atoms with Crippen molar-refractivity contribution in [3.8, 4) is 0 Å². The molecule has 108 valence electrons. The molecule has 0 bridgehead atoms. The Labute approximate surface area is 116 Å². The maximum Gasteiger partial charge on any atom is 0.223 e. The summed E-state index contributed by atoms with van der Waals surface area (Å²) in [4.78, 5) is 14.9. The number of piperidine rings is 1. The van der Waals surface area contributed by atoms with Gasteiger partial charge in [-0.25, -0.2) is 0 Å². The maximum absolute atomic E-state index is 12.6. The molecule has 3 fully saturated rings. The second-order valence-electron chi connectivity index (χ2n) is 6.90. The Morgan fingerprint density at radius 2 is 1.79 bits per heavy atom. The summed E-state index contributed by atoms with van der Waals surface area (Å²) in [6.07, 6.45) is 12.0. The molecule has 2 saturated carbocycles. The maximum atomic E-state index is 12.6. The number of nitrogens with zero attached hydrogens (tertiary/aromatic N) is 1. The first-order chi connectivity index (χ1) is 9.25. The summed E-state index contributed by atoms with van der Waals surface area (Å²) in [6, 6.07) is 0.837. The fourth-order valence-corrected chi connectivity index (χ4v) is 4.59. The third kappa shape index (κ3) is 2.81. The number of carbonyl (C=O) groups excluding carboxylic acids is 1. The van der Waals surface area contributed by atoms with Crippen LogP contribution in [0.25, 0.3) is 0 Å². The van der Waals surface area contributed by atoms with Crippen molar-refractivity contribution in [3.63, 3.8) is 0 Å². The van der Waals surface area contributed by atoms with E-state index in [4.69, 9.17) is 5.73 Å². The standard InChI is InChI=1S/C16H28N2O/c17-14-8-3-6-13(14)11-16(19)18-10-4-7-12-5-1-2-9-15(12)18/h12-15H,1-11,17H2/t12-,13+,14-,15-/m1/s1. The zero-order chi connectivity index (χ0) is 13.2. The summed E-state index contributed by atoms with van der Waals surface area (Å²) in [5.74, 6) is 1.65. The zero-order valence-corrected chi connectivity index (χ0v) is 12.0. The van der Waals surface area contributed by atoms with Gasteiger partial charge in [-0.3, -0.25) is 4.79 Å². The van der Waals surface area contributed by atoms with Crippen LogP contribution in [0.15, 0.2) is 0 Å². The minimum Gasteiger partial charge on any atom is -0.339 e. The van der Waals surface area contributed by atoms with Crippen LogP contribution >= 0.6 is 0 Å². The van der Waals surface area contributed by atoms with Crippen molar-refractivity contribution >= 4 is 5.91 Å². The van der Waals surface area contributed by atoms with Gasteiger partial charge in [0.15, 0.2) is 0 Å². The van der Waals surface area contributed by atoms with Crippen LogP contribution in [-0.4, -0.2) is 29.4 Å². The van der Waals surface area contributed by atoms with Gasteiger partial charge in [-0.05, 0) is 50.4 Å². The van der Waals surface area contributed by atoms with E-state index in [-0.39, 0.29) is 6.04 Å². The summed E-state index contributed by atoms with van der Waals surface area (Å²) >= 11 is 0. The van der Waals surface area contributed by atoms with Gasteiger partial charge >= 0.3 is 0 Å². The highest BCUT2D eigenvalue weighted by atomic mass is 16.2. The van der Waals surface area contributed by atoms with Crippen LogP contribution < -0.4 is 5.73 Å². The van der Waals surface area contributed by atoms with Gasteiger partial charge in [0.1, 0.15) is 0 Å². The molecule has 1 aliphatic heterocycles. The summed E-state index contributed by atoms with van der Waals surface area (Å²) in [5.41, 5.74) is 6.12. The molecule has 0 aromatic carbocycles. The third-order valence-electron chi connectivity index (χ3n) is 5.72. The molecule has 2 N–H and O–H groups in total. The molecule has 3 aliphatic rings. The molecule has 0 unspecified atom stereocenters. The Morgan fingerprint density at radius 3 is 2.58 bits per heavy atom. The summed E-state index contributed by atoms with van der Waals surface area (Å²) < 4.78 is 0. The van der Waals surface area contributed by atoms with E-state index in [0.29, 0.717) is 24.3 Å². The molecule has 1 amide bonds. The molecule has 1 heterocycles. The van der Waals surface area contributed by atoms with E-state index in [0.717, 1.165) is 25.3 Å². The van der Waals surface area contributed by atoms with Gasteiger partial charge in [0, 0.05) is 25.0 Å². The number of fused-ring (bicyclic) bond motifs is 1. The van der Waals surface area contributed by atoms with Crippen LogP contribution in [0.3, 0.4) is 0 Å². The fourth-order valence-electron chi connectivity index (χ4n) is 4.59. The fraction of sp³-hybridized carbons (Fsp3) is 0.938. The molecule has 0 aromatic rings. The number of hydrogen-bond donors (Lipinski definition) is 1. The third-order valence-corrected chi connectivity index (χ3v) is 5.72. The number of rotatable bonds is 2. The van der Waals surface area contributed by atoms with Crippen LogP contribution in [0.4, 0.5) is 0 Å². The van der Waals surface area contributed by atoms with Gasteiger partial charge in [0.25, 0.3) is 0 Å². The molecule has 3 rings (SSSR count). The first-order valence-corrected chi connectivity index (χ1v) is 8.31. The Balaban J connectivity index is 1.61. The Morgan fingerprint density at radius 1 is 1.00 bits per heavy atom. The van der Waals surface area contributed by atoms with Gasteiger partial charge in [0.2, 0.25) is 5.91 Å². The molecular formula is C16H28N2O. The van der Waals surface area contributed by atoms with E-state index in [1.807, 2.05) is 0 Å². The topological polar surface area (TPSA) is 46.3 Å². The van der Waals surface area contributed by atoms with Gasteiger partial charge < -0.3 is 10.6 Å². The number of nitrogens with two attached hydrogens (primary N) is 1. The van der Waals surface area contributed by atoms with Gasteiger partial charge in [0.05, 0.1) is 0 Å². The molecule has 2 aliphatic carbocycles. The lowest BCUT2D eigenvalue weighted by Crippen LogP contribution is -2.50. The van der Waals surface area contributed by atoms with Crippen molar-refractivity contribution in [2.24, 2.45) is 17.6 Å². The van der Waals surface area contributed by atoms with E-state index in [1.165, 1.54) is 44.9 Å². The van der Waals surface area contributed by atoms with Crippen molar-refractivity contribution in [1.29, 1.82) is 0 Å². The number of hydrogen-bond acceptors (Lipinski definition) is 2. The largest absolute Gasteiger partial charge is 0.339 e. The Bertz CT molecular complexity index is 329. The van der Waals surface area contributed by atoms with Gasteiger partial charge in [-0.2, -0.15) is 0 Å². The second kappa shape index (κ2) is 5.82. The smallest absolute Gasteiger partial charge is 0.223 e. The highest BCUT2D eigenvalue weighted by Crippen LogP contribution is 2.36. The monoisotopic (exact) mass is 264 g/mol. The summed E-state index contributed by atoms with van der Waals surface area (Å²) in [6.45, 7) is 1.00.